The maximum atomic E-state index is 12.8. The number of anilines is 2. The predicted octanol–water partition coefficient (Wildman–Crippen LogP) is 3.99. The van der Waals surface area contributed by atoms with Crippen LogP contribution in [0.3, 0.4) is 0 Å². The minimum atomic E-state index is 0.0573. The SMILES string of the molecule is CC(C)c1ccc(C(=O)N2CCCc3c(N)cccc32)cc1. The number of nitrogens with two attached hydrogens (primary N) is 1. The largest absolute Gasteiger partial charge is 0.398 e. The molecule has 1 aliphatic rings. The summed E-state index contributed by atoms with van der Waals surface area (Å²) in [4.78, 5) is 14.7. The zero-order chi connectivity index (χ0) is 15.7. The molecule has 0 radical (unpaired) electrons. The number of carbonyl (C=O) groups is 1. The van der Waals surface area contributed by atoms with Gasteiger partial charge >= 0.3 is 0 Å². The van der Waals surface area contributed by atoms with Crippen molar-refractivity contribution in [3.63, 3.8) is 0 Å². The van der Waals surface area contributed by atoms with Crippen molar-refractivity contribution >= 4 is 17.3 Å². The van der Waals surface area contributed by atoms with E-state index in [0.717, 1.165) is 41.9 Å². The first kappa shape index (κ1) is 14.6. The van der Waals surface area contributed by atoms with Gasteiger partial charge in [-0.3, -0.25) is 4.79 Å². The Bertz CT molecular complexity index is 689. The molecule has 0 atom stereocenters. The quantitative estimate of drug-likeness (QED) is 0.851. The molecule has 114 valence electrons. The highest BCUT2D eigenvalue weighted by Crippen LogP contribution is 2.32. The molecule has 3 nitrogen and oxygen atoms in total. The van der Waals surface area contributed by atoms with E-state index in [2.05, 4.69) is 13.8 Å². The number of nitrogens with zero attached hydrogens (tertiary/aromatic N) is 1. The standard InChI is InChI=1S/C19H22N2O/c1-13(2)14-8-10-15(11-9-14)19(22)21-12-4-5-16-17(20)6-3-7-18(16)21/h3,6-11,13H,4-5,12,20H2,1-2H3. The summed E-state index contributed by atoms with van der Waals surface area (Å²) in [5, 5.41) is 0. The second kappa shape index (κ2) is 5.84. The summed E-state index contributed by atoms with van der Waals surface area (Å²) in [6.45, 7) is 5.06. The lowest BCUT2D eigenvalue weighted by molar-refractivity contribution is 0.0985. The molecular weight excluding hydrogens is 272 g/mol. The second-order valence-corrected chi connectivity index (χ2v) is 6.18. The van der Waals surface area contributed by atoms with Gasteiger partial charge in [-0.25, -0.2) is 0 Å². The van der Waals surface area contributed by atoms with Gasteiger partial charge in [-0.05, 0) is 54.2 Å². The molecule has 2 N–H and O–H groups in total. The van der Waals surface area contributed by atoms with Crippen LogP contribution in [-0.4, -0.2) is 12.5 Å². The predicted molar refractivity (Wildman–Crippen MR) is 91.4 cm³/mol. The van der Waals surface area contributed by atoms with Crippen LogP contribution in [0.25, 0.3) is 0 Å². The minimum absolute atomic E-state index is 0.0573. The number of nitrogen functional groups attached to an aromatic ring is 1. The van der Waals surface area contributed by atoms with Crippen molar-refractivity contribution in [1.82, 2.24) is 0 Å². The van der Waals surface area contributed by atoms with Crippen molar-refractivity contribution in [2.24, 2.45) is 0 Å². The zero-order valence-corrected chi connectivity index (χ0v) is 13.2. The topological polar surface area (TPSA) is 46.3 Å². The van der Waals surface area contributed by atoms with Crippen LogP contribution < -0.4 is 10.6 Å². The summed E-state index contributed by atoms with van der Waals surface area (Å²) >= 11 is 0. The lowest BCUT2D eigenvalue weighted by atomic mass is 9.98. The van der Waals surface area contributed by atoms with Crippen molar-refractivity contribution in [2.75, 3.05) is 17.2 Å². The summed E-state index contributed by atoms with van der Waals surface area (Å²) in [5.41, 5.74) is 10.9. The molecule has 3 heteroatoms. The zero-order valence-electron chi connectivity index (χ0n) is 13.2. The van der Waals surface area contributed by atoms with E-state index in [9.17, 15) is 4.79 Å². The molecule has 2 aromatic rings. The van der Waals surface area contributed by atoms with Crippen LogP contribution in [0.1, 0.15) is 47.7 Å². The molecule has 0 saturated carbocycles. The third-order valence-corrected chi connectivity index (χ3v) is 4.36. The Kier molecular flexibility index (Phi) is 3.88. The molecule has 0 unspecified atom stereocenters. The molecule has 1 amide bonds. The van der Waals surface area contributed by atoms with E-state index in [1.54, 1.807) is 0 Å². The average molecular weight is 294 g/mol. The molecule has 0 bridgehead atoms. The maximum Gasteiger partial charge on any atom is 0.258 e. The number of rotatable bonds is 2. The Hall–Kier alpha value is -2.29. The molecule has 0 fully saturated rings. The monoisotopic (exact) mass is 294 g/mol. The van der Waals surface area contributed by atoms with Crippen LogP contribution in [0.5, 0.6) is 0 Å². The van der Waals surface area contributed by atoms with Gasteiger partial charge in [0.15, 0.2) is 0 Å². The Morgan fingerprint density at radius 2 is 1.86 bits per heavy atom. The third-order valence-electron chi connectivity index (χ3n) is 4.36. The molecule has 1 heterocycles. The lowest BCUT2D eigenvalue weighted by Crippen LogP contribution is -2.35. The number of hydrogen-bond acceptors (Lipinski definition) is 2. The fraction of sp³-hybridized carbons (Fsp3) is 0.316. The van der Waals surface area contributed by atoms with Gasteiger partial charge in [-0.1, -0.05) is 32.0 Å². The summed E-state index contributed by atoms with van der Waals surface area (Å²) in [7, 11) is 0. The van der Waals surface area contributed by atoms with Crippen LogP contribution in [0.2, 0.25) is 0 Å². The molecule has 3 rings (SSSR count). The van der Waals surface area contributed by atoms with Crippen molar-refractivity contribution in [2.45, 2.75) is 32.6 Å². The second-order valence-electron chi connectivity index (χ2n) is 6.18. The van der Waals surface area contributed by atoms with Crippen molar-refractivity contribution in [1.29, 1.82) is 0 Å². The maximum absolute atomic E-state index is 12.8. The summed E-state index contributed by atoms with van der Waals surface area (Å²) in [5.74, 6) is 0.529. The van der Waals surface area contributed by atoms with E-state index in [1.807, 2.05) is 47.4 Å². The lowest BCUT2D eigenvalue weighted by Gasteiger charge is -2.30. The first-order valence-electron chi connectivity index (χ1n) is 7.87. The van der Waals surface area contributed by atoms with Crippen LogP contribution >= 0.6 is 0 Å². The van der Waals surface area contributed by atoms with Crippen molar-refractivity contribution in [3.8, 4) is 0 Å². The van der Waals surface area contributed by atoms with Crippen LogP contribution in [0.15, 0.2) is 42.5 Å². The molecular formula is C19H22N2O. The molecule has 1 aliphatic heterocycles. The highest BCUT2D eigenvalue weighted by atomic mass is 16.2. The van der Waals surface area contributed by atoms with Gasteiger partial charge in [0.05, 0.1) is 0 Å². The fourth-order valence-electron chi connectivity index (χ4n) is 3.03. The summed E-state index contributed by atoms with van der Waals surface area (Å²) < 4.78 is 0. The van der Waals surface area contributed by atoms with Gasteiger partial charge in [-0.2, -0.15) is 0 Å². The third kappa shape index (κ3) is 2.59. The minimum Gasteiger partial charge on any atom is -0.398 e. The van der Waals surface area contributed by atoms with Gasteiger partial charge in [0.25, 0.3) is 5.91 Å². The number of hydrogen-bond donors (Lipinski definition) is 1. The summed E-state index contributed by atoms with van der Waals surface area (Å²) in [6.07, 6.45) is 1.90. The number of carbonyl (C=O) groups excluding carboxylic acids is 1. The fourth-order valence-corrected chi connectivity index (χ4v) is 3.03. The highest BCUT2D eigenvalue weighted by molar-refractivity contribution is 6.07. The normalized spacial score (nSPS) is 14.0. The van der Waals surface area contributed by atoms with Crippen molar-refractivity contribution in [3.05, 3.63) is 59.2 Å². The van der Waals surface area contributed by atoms with E-state index >= 15 is 0 Å². The van der Waals surface area contributed by atoms with E-state index in [-0.39, 0.29) is 5.91 Å². The van der Waals surface area contributed by atoms with Crippen LogP contribution in [0.4, 0.5) is 11.4 Å². The number of amides is 1. The molecule has 0 aliphatic carbocycles. The van der Waals surface area contributed by atoms with Gasteiger partial charge < -0.3 is 10.6 Å². The highest BCUT2D eigenvalue weighted by Gasteiger charge is 2.24. The molecule has 22 heavy (non-hydrogen) atoms. The number of benzene rings is 2. The van der Waals surface area contributed by atoms with Gasteiger partial charge in [-0.15, -0.1) is 0 Å². The molecule has 0 saturated heterocycles. The van der Waals surface area contributed by atoms with Gasteiger partial charge in [0.2, 0.25) is 0 Å². The first-order chi connectivity index (χ1) is 10.6. The Balaban J connectivity index is 1.92. The van der Waals surface area contributed by atoms with E-state index in [4.69, 9.17) is 5.73 Å². The van der Waals surface area contributed by atoms with Gasteiger partial charge in [0, 0.05) is 23.5 Å². The Morgan fingerprint density at radius 1 is 1.14 bits per heavy atom. The molecule has 0 spiro atoms. The Labute approximate surface area is 131 Å². The number of fused-ring (bicyclic) bond motifs is 1. The van der Waals surface area contributed by atoms with Crippen LogP contribution in [-0.2, 0) is 6.42 Å². The first-order valence-corrected chi connectivity index (χ1v) is 7.87. The summed E-state index contributed by atoms with van der Waals surface area (Å²) in [6, 6.07) is 13.8. The molecule has 0 aromatic heterocycles. The average Bonchev–Trinajstić information content (AvgIpc) is 2.54. The van der Waals surface area contributed by atoms with E-state index < -0.39 is 0 Å². The van der Waals surface area contributed by atoms with Crippen LogP contribution in [0, 0.1) is 0 Å². The van der Waals surface area contributed by atoms with Gasteiger partial charge in [0.1, 0.15) is 0 Å². The smallest absolute Gasteiger partial charge is 0.258 e. The molecule has 2 aromatic carbocycles. The Morgan fingerprint density at radius 3 is 2.55 bits per heavy atom. The van der Waals surface area contributed by atoms with E-state index in [0.29, 0.717) is 5.92 Å². The van der Waals surface area contributed by atoms with E-state index in [1.165, 1.54) is 5.56 Å². The van der Waals surface area contributed by atoms with Crippen molar-refractivity contribution < 1.29 is 4.79 Å².